The smallest absolute Gasteiger partial charge is 1.00 e. The van der Waals surface area contributed by atoms with Crippen LogP contribution < -0.4 is 80.4 Å². The molecule has 1 heterocycles. The number of alkyl halides is 1. The molecule has 0 aliphatic carbocycles. The van der Waals surface area contributed by atoms with Crippen molar-refractivity contribution in [2.75, 3.05) is 52.3 Å². The molecule has 0 radical (unpaired) electrons. The van der Waals surface area contributed by atoms with E-state index in [1.165, 1.54) is 26.4 Å². The largest absolute Gasteiger partial charge is 1.00 e. The van der Waals surface area contributed by atoms with Crippen LogP contribution in [0, 0.1) is 23.3 Å². The van der Waals surface area contributed by atoms with E-state index in [1.54, 1.807) is 128 Å². The first-order chi connectivity index (χ1) is 56.2. The van der Waals surface area contributed by atoms with Gasteiger partial charge >= 0.3 is 71.6 Å². The number of thiazole rings is 1. The molecule has 123 heavy (non-hydrogen) atoms. The van der Waals surface area contributed by atoms with E-state index in [2.05, 4.69) is 108 Å². The van der Waals surface area contributed by atoms with E-state index in [-0.39, 0.29) is 112 Å². The number of anilines is 1. The molecule has 672 valence electrons. The van der Waals surface area contributed by atoms with Crippen LogP contribution in [-0.4, -0.2) is 181 Å². The van der Waals surface area contributed by atoms with Gasteiger partial charge in [-0.3, -0.25) is 14.9 Å². The molecule has 8 rings (SSSR count). The summed E-state index contributed by atoms with van der Waals surface area (Å²) in [6.45, 7) is 3.91. The molecule has 47 heteroatoms. The van der Waals surface area contributed by atoms with Gasteiger partial charge < -0.3 is 95.5 Å². The summed E-state index contributed by atoms with van der Waals surface area (Å²) in [4.78, 5) is 95.3. The number of aliphatic carboxylic acids is 3. The summed E-state index contributed by atoms with van der Waals surface area (Å²) in [6, 6.07) is 37.4. The number of nitrogens with two attached hydrogens (primary N) is 2. The third kappa shape index (κ3) is 60.8. The number of carboxylic acids is 3. The number of rotatable bonds is 24. The number of ketones is 1. The van der Waals surface area contributed by atoms with Crippen molar-refractivity contribution in [1.29, 1.82) is 0 Å². The number of aliphatic hydroxyl groups is 2. The zero-order valence-electron chi connectivity index (χ0n) is 65.3. The van der Waals surface area contributed by atoms with Crippen molar-refractivity contribution in [3.05, 3.63) is 245 Å². The van der Waals surface area contributed by atoms with Crippen LogP contribution in [0.5, 0.6) is 0 Å². The average Bonchev–Trinajstić information content (AvgIpc) is 1.71. The van der Waals surface area contributed by atoms with E-state index in [0.29, 0.717) is 68.2 Å². The molecule has 0 fully saturated rings. The van der Waals surface area contributed by atoms with Crippen molar-refractivity contribution in [1.82, 2.24) is 20.9 Å². The van der Waals surface area contributed by atoms with Crippen molar-refractivity contribution < 1.29 is 158 Å². The number of hydrogen-bond acceptors (Lipinski definition) is 23. The standard InChI is InChI=1S/C18H13ClF2N2O2S.C14H17ClN2O4S.C10H11ClN2O2S.C10H12ClNO2.C9H10ClNO2.C8H5BrF2O.C4H5NO2S.2CH4O.CH4.Cl2OS.ClH.Na.H2O/c19-12-3-1-10(2-4-12)5-15(17(24)25)22-18-23-16(9-26-18)11-6-13(20)8-14(21)7-11;1-3-21-14(19)17-13(22)16-11(12(18)20-2)8-9-4-6-10(15)7-5-9;11-7-3-1-6(2-4-7)5-8(9(14)15)13-10(12)16;1-14-10(13)9(12)6-7-2-4-8(11)5-3-7;10-7-3-1-6(2-4-7)5-8(11)9(12)13;9-4-8(12)5-1-6(10)3-7(11)2-5;1-2-7-4(6)5-3-8;2*1-2;;1-4(2)3;;;/h1-4,6-9,15H,5H2,(H,22,23)(H,24,25);4-7,11H,3,8H2,1-2H3,(H2,16,17,19,22);1-4,8H,5H2,(H,14,15)(H3,12,13,16);2-5,9H,6,12H2,1H3;1-4,8H,5,11H2,(H,12,13);1-3H,4H2;2H2,1H3;2*2H,1H3;1H4;;1H;;1H2/q;;;;;;;;;;;;+1;/p-1. The normalized spacial score (nSPS) is 10.6. The summed E-state index contributed by atoms with van der Waals surface area (Å²) < 4.78 is 79.2. The number of alkyl carbamates (subject to hydrolysis) is 1. The second-order valence-corrected chi connectivity index (χ2v) is 29.3. The minimum atomic E-state index is -1.67. The molecule has 8 aromatic rings. The molecule has 7 aromatic carbocycles. The minimum absolute atomic E-state index is 0. The van der Waals surface area contributed by atoms with Gasteiger partial charge in [-0.05, 0) is 170 Å². The Bertz CT molecular complexity index is 4510. The number of nitrogens with one attached hydrogen (secondary N) is 4. The molecule has 0 saturated heterocycles. The second-order valence-electron chi connectivity index (χ2n) is 22.1. The number of hydrogen-bond donors (Lipinski definition) is 12. The Morgan fingerprint density at radius 1 is 0.593 bits per heavy atom. The van der Waals surface area contributed by atoms with E-state index < -0.39 is 92.7 Å². The number of esters is 2. The Balaban J connectivity index is -0.000000326. The van der Waals surface area contributed by atoms with Gasteiger partial charge in [0, 0.05) is 115 Å². The quantitative estimate of drug-likeness (QED) is 0.00310. The van der Waals surface area contributed by atoms with Gasteiger partial charge in [-0.25, -0.2) is 55.5 Å². The number of aliphatic imine (C=N–C) groups is 1. The number of quaternary nitrogens is 1. The number of carboxylic acid groups (broad SMARTS) is 3. The van der Waals surface area contributed by atoms with E-state index in [1.807, 2.05) is 17.3 Å². The number of ether oxygens (including phenoxy) is 4. The van der Waals surface area contributed by atoms with Gasteiger partial charge in [0.25, 0.3) is 0 Å². The van der Waals surface area contributed by atoms with Crippen molar-refractivity contribution >= 4 is 221 Å². The monoisotopic (exact) mass is 2050 g/mol. The summed E-state index contributed by atoms with van der Waals surface area (Å²) in [5, 5.41) is 58.3. The number of halogens is 13. The van der Waals surface area contributed by atoms with E-state index >= 15 is 0 Å². The van der Waals surface area contributed by atoms with Gasteiger partial charge in [0.2, 0.25) is 9.23 Å². The number of Topliss-reactive ketones (excluding diaryl/α,β-unsaturated/α-hetero) is 1. The maximum Gasteiger partial charge on any atom is 1.00 e. The molecule has 17 N–H and O–H groups in total. The second kappa shape index (κ2) is 73.7. The maximum atomic E-state index is 13.3. The molecule has 5 atom stereocenters. The fourth-order valence-electron chi connectivity index (χ4n) is 8.36. The molecule has 0 bridgehead atoms. The van der Waals surface area contributed by atoms with Crippen LogP contribution in [0.2, 0.25) is 25.1 Å². The minimum Gasteiger partial charge on any atom is -1.00 e. The number of carbonyl (C=O) groups excluding carboxylic acids is 5. The molecule has 2 amide bonds. The first-order valence-corrected chi connectivity index (χ1v) is 41.2. The number of methoxy groups -OCH3 is 2. The third-order valence-corrected chi connectivity index (χ3v) is 16.5. The molecule has 0 aliphatic rings. The van der Waals surface area contributed by atoms with Crippen LogP contribution in [0.25, 0.3) is 11.3 Å². The molecule has 1 aromatic heterocycles. The van der Waals surface area contributed by atoms with Gasteiger partial charge in [0.15, 0.2) is 27.2 Å². The van der Waals surface area contributed by atoms with Gasteiger partial charge in [-0.15, -0.1) is 16.3 Å². The number of benzene rings is 7. The number of carbonyl (C=O) groups is 8. The number of thiocarbonyl (C=S) groups is 3. The predicted molar refractivity (Wildman–Crippen MR) is 477 cm³/mol. The fraction of sp³-hybridized carbons (Fsp3) is 0.263. The summed E-state index contributed by atoms with van der Waals surface area (Å²) in [7, 11) is 12.0. The van der Waals surface area contributed by atoms with Crippen molar-refractivity contribution in [3.8, 4) is 11.3 Å². The number of isothiocyanates is 1. The zero-order chi connectivity index (χ0) is 90.9. The molecule has 5 unspecified atom stereocenters. The van der Waals surface area contributed by atoms with Crippen LogP contribution in [0.3, 0.4) is 0 Å². The number of aliphatic hydroxyl groups excluding tert-OH is 2. The Morgan fingerprint density at radius 2 is 0.943 bits per heavy atom. The van der Waals surface area contributed by atoms with Crippen LogP contribution >= 0.6 is 143 Å². The van der Waals surface area contributed by atoms with E-state index in [4.69, 9.17) is 116 Å². The number of amides is 2. The number of nitrogens with zero attached hydrogens (tertiary/aromatic N) is 2. The fourth-order valence-corrected chi connectivity index (χ4v) is 10.5. The van der Waals surface area contributed by atoms with E-state index in [9.17, 15) is 61.0 Å². The van der Waals surface area contributed by atoms with Crippen molar-refractivity contribution in [2.45, 2.75) is 83.6 Å². The zero-order valence-corrected chi connectivity index (χ0v) is 79.0. The Labute approximate surface area is 800 Å². The van der Waals surface area contributed by atoms with Gasteiger partial charge in [0.1, 0.15) is 47.4 Å². The van der Waals surface area contributed by atoms with Gasteiger partial charge in [-0.1, -0.05) is 142 Å². The summed E-state index contributed by atoms with van der Waals surface area (Å²) in [6.07, 6.45) is 0.391. The summed E-state index contributed by atoms with van der Waals surface area (Å²) in [5.74, 6) is -7.02. The molecule has 0 aliphatic heterocycles. The molecule has 28 nitrogen and oxygen atoms in total. The van der Waals surface area contributed by atoms with Crippen LogP contribution in [0.1, 0.15) is 59.4 Å². The molecule has 0 saturated carbocycles. The Hall–Kier alpha value is -7.42. The first kappa shape index (κ1) is 126. The average molecular weight is 2050 g/mol. The van der Waals surface area contributed by atoms with Gasteiger partial charge in [-0.2, -0.15) is 0 Å². The van der Waals surface area contributed by atoms with Gasteiger partial charge in [0.05, 0.1) is 43.6 Å². The third-order valence-electron chi connectivity index (χ3n) is 13.5. The topological polar surface area (TPSA) is 475 Å². The SMILES string of the molecule is C.CCOC(=O)N=C=S.CCOC(=O)NC(=S)NC(Cc1ccc(Cl)cc1)C(=O)OC.CO.CO.COC(=O)C([NH3+])Cc1ccc(Cl)cc1.NC(=S)NC(Cc1ccc(Cl)cc1)C(=O)O.NC(Cc1ccc(Cl)cc1)C(=O)O.O=C(CBr)c1cc(F)cc(F)c1.O=C(O)C(Cc1ccc(Cl)cc1)Nc1nc(-c2cc(F)cc(F)c2)cs1.O=S(Cl)Cl.[Cl-].[Na+].[OH-]. The number of aromatic nitrogens is 1. The Kier molecular flexibility index (Phi) is 75.8. The first-order valence-electron chi connectivity index (χ1n) is 33.3. The van der Waals surface area contributed by atoms with Crippen LogP contribution in [-0.2, 0) is 84.3 Å². The summed E-state index contributed by atoms with van der Waals surface area (Å²) >= 11 is 46.5. The van der Waals surface area contributed by atoms with Crippen molar-refractivity contribution in [3.63, 3.8) is 0 Å². The predicted octanol–water partition coefficient (Wildman–Crippen LogP) is 8.54. The van der Waals surface area contributed by atoms with Crippen molar-refractivity contribution in [2.24, 2.45) is 16.5 Å². The van der Waals surface area contributed by atoms with Crippen LogP contribution in [0.15, 0.2) is 168 Å². The summed E-state index contributed by atoms with van der Waals surface area (Å²) in [5.41, 5.74) is 19.4. The van der Waals surface area contributed by atoms with Crippen LogP contribution in [0.4, 0.5) is 32.3 Å². The molecular formula is C76H87BrCl8F4N9NaO19S5. The molecular weight excluding hydrogens is 1970 g/mol. The molecule has 0 spiro atoms. The Morgan fingerprint density at radius 3 is 1.28 bits per heavy atom. The van der Waals surface area contributed by atoms with E-state index in [0.717, 1.165) is 77.6 Å². The maximum absolute atomic E-state index is 13.3.